The maximum absolute atomic E-state index is 11.4. The molecule has 15 heavy (non-hydrogen) atoms. The van der Waals surface area contributed by atoms with Crippen LogP contribution >= 0.6 is 0 Å². The average Bonchev–Trinajstić information content (AvgIpc) is 2.71. The summed E-state index contributed by atoms with van der Waals surface area (Å²) in [6.07, 6.45) is 6.79. The average molecular weight is 205 g/mol. The first-order valence-electron chi connectivity index (χ1n) is 4.51. The summed E-state index contributed by atoms with van der Waals surface area (Å²) in [5.41, 5.74) is 0.699. The normalized spacial score (nSPS) is 10.2. The van der Waals surface area contributed by atoms with Gasteiger partial charge in [-0.15, -0.1) is 0 Å². The van der Waals surface area contributed by atoms with Gasteiger partial charge in [-0.05, 0) is 0 Å². The van der Waals surface area contributed by atoms with Gasteiger partial charge in [0.05, 0.1) is 20.0 Å². The predicted molar refractivity (Wildman–Crippen MR) is 54.9 cm³/mol. The van der Waals surface area contributed by atoms with E-state index in [0.717, 1.165) is 5.69 Å². The van der Waals surface area contributed by atoms with Crippen LogP contribution < -0.4 is 10.2 Å². The number of hydrogen-bond acceptors (Lipinski definition) is 3. The van der Waals surface area contributed by atoms with Crippen LogP contribution in [0.15, 0.2) is 35.8 Å². The summed E-state index contributed by atoms with van der Waals surface area (Å²) < 4.78 is 6.75. The predicted octanol–water partition coefficient (Wildman–Crippen LogP) is 0.628. The van der Waals surface area contributed by atoms with Crippen molar-refractivity contribution in [3.63, 3.8) is 0 Å². The van der Waals surface area contributed by atoms with Gasteiger partial charge < -0.3 is 14.3 Å². The number of nitrogens with zero attached hydrogens (tertiary/aromatic N) is 2. The second-order valence-electron chi connectivity index (χ2n) is 3.13. The third-order valence-electron chi connectivity index (χ3n) is 2.07. The minimum atomic E-state index is -0.119. The molecule has 0 atom stereocenters. The molecule has 0 aliphatic rings. The molecule has 5 nitrogen and oxygen atoms in total. The van der Waals surface area contributed by atoms with Crippen molar-refractivity contribution in [1.29, 1.82) is 0 Å². The van der Waals surface area contributed by atoms with E-state index in [1.54, 1.807) is 18.7 Å². The molecular formula is C10H11N3O2. The Morgan fingerprint density at radius 2 is 2.47 bits per heavy atom. The van der Waals surface area contributed by atoms with Crippen LogP contribution in [-0.2, 0) is 6.54 Å². The summed E-state index contributed by atoms with van der Waals surface area (Å²) in [5.74, 6) is 0.324. The van der Waals surface area contributed by atoms with Gasteiger partial charge in [0.15, 0.2) is 5.75 Å². The van der Waals surface area contributed by atoms with Gasteiger partial charge in [0.25, 0.3) is 0 Å². The highest BCUT2D eigenvalue weighted by Gasteiger charge is 2.00. The minimum absolute atomic E-state index is 0.119. The second-order valence-corrected chi connectivity index (χ2v) is 3.13. The Hall–Kier alpha value is -2.04. The van der Waals surface area contributed by atoms with E-state index in [1.807, 2.05) is 10.8 Å². The topological polar surface area (TPSA) is 59.9 Å². The van der Waals surface area contributed by atoms with Crippen LogP contribution in [-0.4, -0.2) is 21.6 Å². The van der Waals surface area contributed by atoms with Gasteiger partial charge in [0.2, 0.25) is 5.43 Å². The van der Waals surface area contributed by atoms with E-state index in [4.69, 9.17) is 4.74 Å². The van der Waals surface area contributed by atoms with E-state index >= 15 is 0 Å². The highest BCUT2D eigenvalue weighted by molar-refractivity contribution is 5.20. The van der Waals surface area contributed by atoms with Crippen LogP contribution in [0.4, 0.5) is 0 Å². The molecule has 2 rings (SSSR count). The van der Waals surface area contributed by atoms with Crippen molar-refractivity contribution in [3.8, 4) is 5.75 Å². The lowest BCUT2D eigenvalue weighted by Crippen LogP contribution is -2.09. The number of imidazole rings is 1. The maximum Gasteiger partial charge on any atom is 0.223 e. The second kappa shape index (κ2) is 4.00. The fourth-order valence-electron chi connectivity index (χ4n) is 1.33. The highest BCUT2D eigenvalue weighted by Crippen LogP contribution is 2.02. The first kappa shape index (κ1) is 9.51. The summed E-state index contributed by atoms with van der Waals surface area (Å²) >= 11 is 0. The molecule has 5 heteroatoms. The van der Waals surface area contributed by atoms with Gasteiger partial charge in [0.1, 0.15) is 0 Å². The van der Waals surface area contributed by atoms with Gasteiger partial charge in [-0.25, -0.2) is 4.98 Å². The number of rotatable bonds is 3. The van der Waals surface area contributed by atoms with Crippen LogP contribution in [0.5, 0.6) is 5.75 Å². The van der Waals surface area contributed by atoms with Crippen LogP contribution in [0.3, 0.4) is 0 Å². The largest absolute Gasteiger partial charge is 0.491 e. The molecule has 0 radical (unpaired) electrons. The van der Waals surface area contributed by atoms with Crippen molar-refractivity contribution in [1.82, 2.24) is 14.5 Å². The van der Waals surface area contributed by atoms with Crippen LogP contribution in [0, 0.1) is 0 Å². The molecule has 2 aromatic heterocycles. The molecule has 1 N–H and O–H groups in total. The lowest BCUT2D eigenvalue weighted by Gasteiger charge is -2.03. The number of hydrogen-bond donors (Lipinski definition) is 1. The van der Waals surface area contributed by atoms with E-state index in [0.29, 0.717) is 12.3 Å². The Morgan fingerprint density at radius 1 is 1.60 bits per heavy atom. The molecule has 0 spiro atoms. The molecule has 0 saturated carbocycles. The molecule has 0 fully saturated rings. The Kier molecular flexibility index (Phi) is 2.53. The maximum atomic E-state index is 11.4. The smallest absolute Gasteiger partial charge is 0.223 e. The standard InChI is InChI=1S/C10H11N3O2/c1-15-10-5-12-8(4-9(10)14)6-13-3-2-11-7-13/h2-5,7H,6H2,1H3,(H,12,14). The molecule has 78 valence electrons. The fourth-order valence-corrected chi connectivity index (χ4v) is 1.33. The molecule has 0 aliphatic heterocycles. The zero-order valence-corrected chi connectivity index (χ0v) is 8.30. The number of aromatic amines is 1. The number of methoxy groups -OCH3 is 1. The summed E-state index contributed by atoms with van der Waals surface area (Å²) in [6, 6.07) is 1.53. The van der Waals surface area contributed by atoms with Crippen LogP contribution in [0.2, 0.25) is 0 Å². The van der Waals surface area contributed by atoms with E-state index in [2.05, 4.69) is 9.97 Å². The SMILES string of the molecule is COc1c[nH]c(Cn2ccnc2)cc1=O. The molecule has 0 aliphatic carbocycles. The Balaban J connectivity index is 2.24. The van der Waals surface area contributed by atoms with Gasteiger partial charge in [-0.3, -0.25) is 4.79 Å². The zero-order chi connectivity index (χ0) is 10.7. The molecule has 2 aromatic rings. The quantitative estimate of drug-likeness (QED) is 0.799. The zero-order valence-electron chi connectivity index (χ0n) is 8.30. The minimum Gasteiger partial charge on any atom is -0.491 e. The van der Waals surface area contributed by atoms with Crippen molar-refractivity contribution in [2.24, 2.45) is 0 Å². The van der Waals surface area contributed by atoms with Crippen molar-refractivity contribution in [2.75, 3.05) is 7.11 Å². The third kappa shape index (κ3) is 2.07. The molecule has 0 saturated heterocycles. The number of nitrogens with one attached hydrogen (secondary N) is 1. The third-order valence-corrected chi connectivity index (χ3v) is 2.07. The van der Waals surface area contributed by atoms with E-state index in [9.17, 15) is 4.79 Å². The number of pyridine rings is 1. The summed E-state index contributed by atoms with van der Waals surface area (Å²) in [5, 5.41) is 0. The van der Waals surface area contributed by atoms with Crippen LogP contribution in [0.1, 0.15) is 5.69 Å². The van der Waals surface area contributed by atoms with E-state index in [1.165, 1.54) is 13.2 Å². The van der Waals surface area contributed by atoms with Crippen molar-refractivity contribution < 1.29 is 4.74 Å². The van der Waals surface area contributed by atoms with E-state index in [-0.39, 0.29) is 5.43 Å². The van der Waals surface area contributed by atoms with Gasteiger partial charge in [-0.1, -0.05) is 0 Å². The molecule has 0 aromatic carbocycles. The number of ether oxygens (including phenoxy) is 1. The number of aromatic nitrogens is 3. The van der Waals surface area contributed by atoms with Crippen LogP contribution in [0.25, 0.3) is 0 Å². The molecular weight excluding hydrogens is 194 g/mol. The van der Waals surface area contributed by atoms with Gasteiger partial charge >= 0.3 is 0 Å². The van der Waals surface area contributed by atoms with Gasteiger partial charge in [0, 0.05) is 30.4 Å². The number of H-pyrrole nitrogens is 1. The highest BCUT2D eigenvalue weighted by atomic mass is 16.5. The monoisotopic (exact) mass is 205 g/mol. The molecule has 0 bridgehead atoms. The fraction of sp³-hybridized carbons (Fsp3) is 0.200. The summed E-state index contributed by atoms with van der Waals surface area (Å²) in [4.78, 5) is 18.3. The summed E-state index contributed by atoms with van der Waals surface area (Å²) in [6.45, 7) is 0.596. The van der Waals surface area contributed by atoms with E-state index < -0.39 is 0 Å². The van der Waals surface area contributed by atoms with Crippen molar-refractivity contribution in [3.05, 3.63) is 46.9 Å². The summed E-state index contributed by atoms with van der Waals surface area (Å²) in [7, 11) is 1.47. The van der Waals surface area contributed by atoms with Crippen molar-refractivity contribution in [2.45, 2.75) is 6.54 Å². The molecule has 0 unspecified atom stereocenters. The lowest BCUT2D eigenvalue weighted by atomic mass is 10.3. The Bertz CT molecular complexity index is 488. The lowest BCUT2D eigenvalue weighted by molar-refractivity contribution is 0.408. The van der Waals surface area contributed by atoms with Crippen molar-refractivity contribution >= 4 is 0 Å². The first-order valence-corrected chi connectivity index (χ1v) is 4.51. The van der Waals surface area contributed by atoms with Gasteiger partial charge in [-0.2, -0.15) is 0 Å². The first-order chi connectivity index (χ1) is 7.29. The Labute approximate surface area is 86.4 Å². The molecule has 2 heterocycles. The molecule has 0 amide bonds. The Morgan fingerprint density at radius 3 is 3.07 bits per heavy atom.